The summed E-state index contributed by atoms with van der Waals surface area (Å²) in [5.74, 6) is -0.608. The Bertz CT molecular complexity index is 745. The third-order valence-electron chi connectivity index (χ3n) is 3.51. The number of aliphatic carboxylic acids is 1. The van der Waals surface area contributed by atoms with Crippen LogP contribution in [0.1, 0.15) is 50.8 Å². The van der Waals surface area contributed by atoms with E-state index in [1.165, 1.54) is 0 Å². The highest BCUT2D eigenvalue weighted by Crippen LogP contribution is 2.25. The lowest BCUT2D eigenvalue weighted by Gasteiger charge is -2.14. The minimum atomic E-state index is -1.07. The van der Waals surface area contributed by atoms with Gasteiger partial charge in [0.25, 0.3) is 5.56 Å². The zero-order valence-corrected chi connectivity index (χ0v) is 12.8. The molecule has 1 aromatic carbocycles. The summed E-state index contributed by atoms with van der Waals surface area (Å²) in [6.07, 6.45) is 0. The maximum Gasteiger partial charge on any atom is 0.325 e. The number of carbonyl (C=O) groups is 1. The molecule has 0 unspecified atom stereocenters. The first-order chi connectivity index (χ1) is 9.81. The Balaban J connectivity index is 2.79. The average Bonchev–Trinajstić information content (AvgIpc) is 2.40. The largest absolute Gasteiger partial charge is 0.480 e. The topological polar surface area (TPSA) is 72.2 Å². The fraction of sp³-hybridized carbons (Fsp3) is 0.438. The van der Waals surface area contributed by atoms with Crippen molar-refractivity contribution in [2.45, 2.75) is 46.1 Å². The summed E-state index contributed by atoms with van der Waals surface area (Å²) in [7, 11) is 0. The number of hydrogen-bond acceptors (Lipinski definition) is 3. The van der Waals surface area contributed by atoms with E-state index in [4.69, 9.17) is 5.11 Å². The SMILES string of the molecule is CC(C)c1ccc2c(=O)n(CC(=O)O)nc(C(C)C)c2c1. The Morgan fingerprint density at radius 1 is 1.19 bits per heavy atom. The van der Waals surface area contributed by atoms with Crippen LogP contribution in [0.5, 0.6) is 0 Å². The fourth-order valence-electron chi connectivity index (χ4n) is 2.35. The van der Waals surface area contributed by atoms with Crippen LogP contribution in [0.25, 0.3) is 10.8 Å². The minimum absolute atomic E-state index is 0.107. The van der Waals surface area contributed by atoms with Gasteiger partial charge in [-0.25, -0.2) is 4.68 Å². The molecule has 2 aromatic rings. The van der Waals surface area contributed by atoms with Crippen LogP contribution in [0.3, 0.4) is 0 Å². The van der Waals surface area contributed by atoms with E-state index in [0.29, 0.717) is 11.3 Å². The van der Waals surface area contributed by atoms with Crippen molar-refractivity contribution in [2.75, 3.05) is 0 Å². The second-order valence-corrected chi connectivity index (χ2v) is 5.86. The van der Waals surface area contributed by atoms with Crippen molar-refractivity contribution < 1.29 is 9.90 Å². The van der Waals surface area contributed by atoms with Crippen LogP contribution < -0.4 is 5.56 Å². The maximum absolute atomic E-state index is 12.4. The molecule has 0 saturated heterocycles. The molecule has 5 heteroatoms. The van der Waals surface area contributed by atoms with Gasteiger partial charge in [-0.2, -0.15) is 5.10 Å². The van der Waals surface area contributed by atoms with E-state index in [1.54, 1.807) is 6.07 Å². The lowest BCUT2D eigenvalue weighted by Crippen LogP contribution is -2.28. The average molecular weight is 288 g/mol. The summed E-state index contributed by atoms with van der Waals surface area (Å²) in [6.45, 7) is 7.74. The summed E-state index contributed by atoms with van der Waals surface area (Å²) in [5, 5.41) is 14.5. The second-order valence-electron chi connectivity index (χ2n) is 5.86. The number of rotatable bonds is 4. The van der Waals surface area contributed by atoms with Gasteiger partial charge in [0.2, 0.25) is 0 Å². The number of carboxylic acids is 1. The van der Waals surface area contributed by atoms with Crippen molar-refractivity contribution >= 4 is 16.7 Å². The lowest BCUT2D eigenvalue weighted by atomic mass is 9.96. The molecule has 1 N–H and O–H groups in total. The molecule has 5 nitrogen and oxygen atoms in total. The van der Waals surface area contributed by atoms with E-state index in [1.807, 2.05) is 26.0 Å². The smallest absolute Gasteiger partial charge is 0.325 e. The van der Waals surface area contributed by atoms with Crippen LogP contribution in [0, 0.1) is 0 Å². The van der Waals surface area contributed by atoms with Crippen LogP contribution in [0.2, 0.25) is 0 Å². The van der Waals surface area contributed by atoms with E-state index in [9.17, 15) is 9.59 Å². The molecule has 112 valence electrons. The Morgan fingerprint density at radius 3 is 2.38 bits per heavy atom. The predicted molar refractivity (Wildman–Crippen MR) is 81.8 cm³/mol. The van der Waals surface area contributed by atoms with Gasteiger partial charge in [0.1, 0.15) is 6.54 Å². The first-order valence-electron chi connectivity index (χ1n) is 7.07. The molecule has 0 aliphatic heterocycles. The van der Waals surface area contributed by atoms with Crippen molar-refractivity contribution in [2.24, 2.45) is 0 Å². The Morgan fingerprint density at radius 2 is 1.86 bits per heavy atom. The van der Waals surface area contributed by atoms with Crippen molar-refractivity contribution in [3.05, 3.63) is 39.8 Å². The van der Waals surface area contributed by atoms with Crippen molar-refractivity contribution in [3.63, 3.8) is 0 Å². The molecule has 0 bridgehead atoms. The molecule has 0 saturated carbocycles. The van der Waals surface area contributed by atoms with Gasteiger partial charge in [0.15, 0.2) is 0 Å². The highest BCUT2D eigenvalue weighted by Gasteiger charge is 2.15. The molecular weight excluding hydrogens is 268 g/mol. The monoisotopic (exact) mass is 288 g/mol. The standard InChI is InChI=1S/C16H20N2O3/c1-9(2)11-5-6-12-13(7-11)15(10(3)4)17-18(16(12)21)8-14(19)20/h5-7,9-10H,8H2,1-4H3,(H,19,20). The van der Waals surface area contributed by atoms with Gasteiger partial charge >= 0.3 is 5.97 Å². The Hall–Kier alpha value is -2.17. The van der Waals surface area contributed by atoms with Gasteiger partial charge in [0.05, 0.1) is 11.1 Å². The molecular formula is C16H20N2O3. The number of fused-ring (bicyclic) bond motifs is 1. The normalized spacial score (nSPS) is 11.5. The summed E-state index contributed by atoms with van der Waals surface area (Å²) < 4.78 is 1.04. The van der Waals surface area contributed by atoms with Crippen molar-refractivity contribution in [1.29, 1.82) is 0 Å². The second kappa shape index (κ2) is 5.68. The third kappa shape index (κ3) is 2.96. The molecule has 0 fully saturated rings. The van der Waals surface area contributed by atoms with Gasteiger partial charge in [-0.3, -0.25) is 9.59 Å². The first-order valence-corrected chi connectivity index (χ1v) is 7.07. The number of benzene rings is 1. The first kappa shape index (κ1) is 15.2. The molecule has 0 amide bonds. The van der Waals surface area contributed by atoms with Gasteiger partial charge in [-0.05, 0) is 29.5 Å². The van der Waals surface area contributed by atoms with Crippen LogP contribution in [0.4, 0.5) is 0 Å². The number of nitrogens with zero attached hydrogens (tertiary/aromatic N) is 2. The van der Waals surface area contributed by atoms with Gasteiger partial charge in [-0.15, -0.1) is 0 Å². The number of carboxylic acid groups (broad SMARTS) is 1. The minimum Gasteiger partial charge on any atom is -0.480 e. The molecule has 1 heterocycles. The maximum atomic E-state index is 12.4. The van der Waals surface area contributed by atoms with E-state index in [-0.39, 0.29) is 11.5 Å². The molecule has 0 radical (unpaired) electrons. The van der Waals surface area contributed by atoms with Crippen LogP contribution in [-0.2, 0) is 11.3 Å². The molecule has 21 heavy (non-hydrogen) atoms. The number of aromatic nitrogens is 2. The van der Waals surface area contributed by atoms with Gasteiger partial charge < -0.3 is 5.11 Å². The fourth-order valence-corrected chi connectivity index (χ4v) is 2.35. The summed E-state index contributed by atoms with van der Waals surface area (Å²) in [5.41, 5.74) is 1.54. The Labute approximate surface area is 123 Å². The Kier molecular flexibility index (Phi) is 4.11. The molecule has 0 spiro atoms. The summed E-state index contributed by atoms with van der Waals surface area (Å²) >= 11 is 0. The molecule has 0 aliphatic rings. The lowest BCUT2D eigenvalue weighted by molar-refractivity contribution is -0.138. The van der Waals surface area contributed by atoms with Crippen LogP contribution >= 0.6 is 0 Å². The number of hydrogen-bond donors (Lipinski definition) is 1. The quantitative estimate of drug-likeness (QED) is 0.939. The van der Waals surface area contributed by atoms with Crippen LogP contribution in [0.15, 0.2) is 23.0 Å². The van der Waals surface area contributed by atoms with E-state index >= 15 is 0 Å². The summed E-state index contributed by atoms with van der Waals surface area (Å²) in [4.78, 5) is 23.2. The zero-order chi connectivity index (χ0) is 15.7. The molecule has 0 aliphatic carbocycles. The van der Waals surface area contributed by atoms with Crippen molar-refractivity contribution in [1.82, 2.24) is 9.78 Å². The highest BCUT2D eigenvalue weighted by molar-refractivity contribution is 5.85. The van der Waals surface area contributed by atoms with E-state index in [2.05, 4.69) is 18.9 Å². The molecule has 1 aromatic heterocycles. The van der Waals surface area contributed by atoms with E-state index < -0.39 is 12.5 Å². The van der Waals surface area contributed by atoms with Crippen molar-refractivity contribution in [3.8, 4) is 0 Å². The highest BCUT2D eigenvalue weighted by atomic mass is 16.4. The summed E-state index contributed by atoms with van der Waals surface area (Å²) in [6, 6.07) is 5.69. The molecule has 2 rings (SSSR count). The predicted octanol–water partition coefficient (Wildman–Crippen LogP) is 2.73. The molecule has 0 atom stereocenters. The third-order valence-corrected chi connectivity index (χ3v) is 3.51. The zero-order valence-electron chi connectivity index (χ0n) is 12.8. The van der Waals surface area contributed by atoms with Crippen LogP contribution in [-0.4, -0.2) is 20.9 Å². The van der Waals surface area contributed by atoms with Gasteiger partial charge in [0, 0.05) is 5.39 Å². The van der Waals surface area contributed by atoms with Gasteiger partial charge in [-0.1, -0.05) is 33.8 Å². The van der Waals surface area contributed by atoms with E-state index in [0.717, 1.165) is 21.3 Å².